The molecule has 0 radical (unpaired) electrons. The molecule has 0 fully saturated rings. The molecule has 0 aromatic heterocycles. The minimum atomic E-state index is 0.208. The van der Waals surface area contributed by atoms with E-state index in [1.165, 1.54) is 5.56 Å². The van der Waals surface area contributed by atoms with Gasteiger partial charge >= 0.3 is 0 Å². The van der Waals surface area contributed by atoms with Crippen molar-refractivity contribution in [2.24, 2.45) is 5.73 Å². The highest BCUT2D eigenvalue weighted by Gasteiger charge is 1.98. The lowest BCUT2D eigenvalue weighted by Gasteiger charge is -2.07. The number of hydrogen-bond donors (Lipinski definition) is 1. The standard InChI is InChI=1S/C13H19NO/c1-3-4-9-15-13-7-5-12(6-8-13)10-11(2)14/h3-8,11H,9-10,14H2,1-2H3/b4-3+. The molecular weight excluding hydrogens is 186 g/mol. The lowest BCUT2D eigenvalue weighted by Crippen LogP contribution is -2.17. The lowest BCUT2D eigenvalue weighted by molar-refractivity contribution is 0.362. The van der Waals surface area contributed by atoms with Crippen LogP contribution in [0.3, 0.4) is 0 Å². The largest absolute Gasteiger partial charge is 0.490 e. The van der Waals surface area contributed by atoms with Crippen LogP contribution in [0.2, 0.25) is 0 Å². The zero-order valence-electron chi connectivity index (χ0n) is 9.44. The molecule has 0 aliphatic heterocycles. The Morgan fingerprint density at radius 2 is 2.00 bits per heavy atom. The van der Waals surface area contributed by atoms with Gasteiger partial charge in [0.1, 0.15) is 12.4 Å². The van der Waals surface area contributed by atoms with Gasteiger partial charge in [0.25, 0.3) is 0 Å². The average Bonchev–Trinajstić information content (AvgIpc) is 2.20. The Morgan fingerprint density at radius 3 is 2.53 bits per heavy atom. The van der Waals surface area contributed by atoms with Gasteiger partial charge in [-0.1, -0.05) is 24.3 Å². The topological polar surface area (TPSA) is 35.2 Å². The molecule has 2 N–H and O–H groups in total. The van der Waals surface area contributed by atoms with Crippen LogP contribution in [0.1, 0.15) is 19.4 Å². The van der Waals surface area contributed by atoms with Crippen molar-refractivity contribution in [2.45, 2.75) is 26.3 Å². The van der Waals surface area contributed by atoms with Crippen molar-refractivity contribution >= 4 is 0 Å². The van der Waals surface area contributed by atoms with Gasteiger partial charge in [0.05, 0.1) is 0 Å². The predicted octanol–water partition coefficient (Wildman–Crippen LogP) is 2.53. The molecule has 1 unspecified atom stereocenters. The molecule has 2 nitrogen and oxygen atoms in total. The molecule has 0 aliphatic rings. The van der Waals surface area contributed by atoms with E-state index < -0.39 is 0 Å². The van der Waals surface area contributed by atoms with E-state index in [0.717, 1.165) is 12.2 Å². The summed E-state index contributed by atoms with van der Waals surface area (Å²) in [6.45, 7) is 4.62. The summed E-state index contributed by atoms with van der Waals surface area (Å²) in [5.41, 5.74) is 6.97. The summed E-state index contributed by atoms with van der Waals surface area (Å²) in [6.07, 6.45) is 4.87. The van der Waals surface area contributed by atoms with E-state index in [-0.39, 0.29) is 6.04 Å². The van der Waals surface area contributed by atoms with Crippen molar-refractivity contribution < 1.29 is 4.74 Å². The van der Waals surface area contributed by atoms with Crippen molar-refractivity contribution in [1.29, 1.82) is 0 Å². The predicted molar refractivity (Wildman–Crippen MR) is 64.1 cm³/mol. The van der Waals surface area contributed by atoms with Crippen molar-refractivity contribution in [3.05, 3.63) is 42.0 Å². The van der Waals surface area contributed by atoms with Gasteiger partial charge < -0.3 is 10.5 Å². The number of nitrogens with two attached hydrogens (primary N) is 1. The number of allylic oxidation sites excluding steroid dienone is 1. The number of ether oxygens (including phenoxy) is 1. The lowest BCUT2D eigenvalue weighted by atomic mass is 10.1. The second-order valence-electron chi connectivity index (χ2n) is 3.71. The van der Waals surface area contributed by atoms with E-state index in [1.807, 2.05) is 38.1 Å². The molecule has 0 amide bonds. The van der Waals surface area contributed by atoms with Crippen LogP contribution in [0, 0.1) is 0 Å². The molecular formula is C13H19NO. The molecule has 0 bridgehead atoms. The third-order valence-electron chi connectivity index (χ3n) is 2.06. The summed E-state index contributed by atoms with van der Waals surface area (Å²) in [7, 11) is 0. The highest BCUT2D eigenvalue weighted by molar-refractivity contribution is 5.27. The summed E-state index contributed by atoms with van der Waals surface area (Å²) in [4.78, 5) is 0. The fourth-order valence-corrected chi connectivity index (χ4v) is 1.33. The fourth-order valence-electron chi connectivity index (χ4n) is 1.33. The minimum absolute atomic E-state index is 0.208. The Morgan fingerprint density at radius 1 is 1.33 bits per heavy atom. The first-order valence-electron chi connectivity index (χ1n) is 5.31. The Labute approximate surface area is 91.7 Å². The maximum absolute atomic E-state index is 5.72. The second kappa shape index (κ2) is 6.25. The van der Waals surface area contributed by atoms with Crippen LogP contribution < -0.4 is 10.5 Å². The summed E-state index contributed by atoms with van der Waals surface area (Å²) < 4.78 is 5.49. The number of rotatable bonds is 5. The summed E-state index contributed by atoms with van der Waals surface area (Å²) in [5.74, 6) is 0.904. The summed E-state index contributed by atoms with van der Waals surface area (Å²) in [6, 6.07) is 8.31. The molecule has 0 spiro atoms. The molecule has 0 saturated heterocycles. The maximum atomic E-state index is 5.72. The molecule has 2 heteroatoms. The molecule has 82 valence electrons. The molecule has 0 aliphatic carbocycles. The Kier molecular flexibility index (Phi) is 4.91. The van der Waals surface area contributed by atoms with Crippen molar-refractivity contribution in [1.82, 2.24) is 0 Å². The first kappa shape index (κ1) is 11.8. The van der Waals surface area contributed by atoms with Gasteiger partial charge in [0.15, 0.2) is 0 Å². The number of benzene rings is 1. The van der Waals surface area contributed by atoms with Gasteiger partial charge in [-0.25, -0.2) is 0 Å². The minimum Gasteiger partial charge on any atom is -0.490 e. The molecule has 0 heterocycles. The van der Waals surface area contributed by atoms with Crippen LogP contribution in [0.15, 0.2) is 36.4 Å². The Hall–Kier alpha value is -1.28. The first-order chi connectivity index (χ1) is 7.22. The molecule has 15 heavy (non-hydrogen) atoms. The molecule has 1 aromatic rings. The second-order valence-corrected chi connectivity index (χ2v) is 3.71. The third kappa shape index (κ3) is 4.66. The molecule has 1 atom stereocenters. The Balaban J connectivity index is 2.48. The SMILES string of the molecule is C/C=C/COc1ccc(CC(C)N)cc1. The van der Waals surface area contributed by atoms with E-state index in [9.17, 15) is 0 Å². The van der Waals surface area contributed by atoms with Gasteiger partial charge in [-0.15, -0.1) is 0 Å². The van der Waals surface area contributed by atoms with Gasteiger partial charge in [-0.3, -0.25) is 0 Å². The van der Waals surface area contributed by atoms with E-state index in [1.54, 1.807) is 0 Å². The van der Waals surface area contributed by atoms with Crippen LogP contribution in [-0.2, 0) is 6.42 Å². The van der Waals surface area contributed by atoms with Crippen molar-refractivity contribution in [2.75, 3.05) is 6.61 Å². The smallest absolute Gasteiger partial charge is 0.119 e. The summed E-state index contributed by atoms with van der Waals surface area (Å²) in [5, 5.41) is 0. The highest BCUT2D eigenvalue weighted by Crippen LogP contribution is 2.13. The van der Waals surface area contributed by atoms with E-state index in [0.29, 0.717) is 6.61 Å². The van der Waals surface area contributed by atoms with Crippen molar-refractivity contribution in [3.8, 4) is 5.75 Å². The summed E-state index contributed by atoms with van der Waals surface area (Å²) >= 11 is 0. The van der Waals surface area contributed by atoms with Crippen LogP contribution in [0.5, 0.6) is 5.75 Å². The molecule has 0 saturated carbocycles. The van der Waals surface area contributed by atoms with Gasteiger partial charge in [-0.2, -0.15) is 0 Å². The maximum Gasteiger partial charge on any atom is 0.119 e. The van der Waals surface area contributed by atoms with Gasteiger partial charge in [0.2, 0.25) is 0 Å². The van der Waals surface area contributed by atoms with E-state index in [4.69, 9.17) is 10.5 Å². The van der Waals surface area contributed by atoms with Crippen molar-refractivity contribution in [3.63, 3.8) is 0 Å². The van der Waals surface area contributed by atoms with E-state index in [2.05, 4.69) is 12.1 Å². The monoisotopic (exact) mass is 205 g/mol. The highest BCUT2D eigenvalue weighted by atomic mass is 16.5. The quantitative estimate of drug-likeness (QED) is 0.750. The van der Waals surface area contributed by atoms with Crippen LogP contribution >= 0.6 is 0 Å². The van der Waals surface area contributed by atoms with Gasteiger partial charge in [-0.05, 0) is 38.0 Å². The average molecular weight is 205 g/mol. The fraction of sp³-hybridized carbons (Fsp3) is 0.385. The first-order valence-corrected chi connectivity index (χ1v) is 5.31. The van der Waals surface area contributed by atoms with Gasteiger partial charge in [0, 0.05) is 6.04 Å². The van der Waals surface area contributed by atoms with Crippen LogP contribution in [-0.4, -0.2) is 12.6 Å². The van der Waals surface area contributed by atoms with Crippen LogP contribution in [0.4, 0.5) is 0 Å². The Bertz CT molecular complexity index is 301. The molecule has 1 aromatic carbocycles. The normalized spacial score (nSPS) is 13.0. The zero-order valence-corrected chi connectivity index (χ0v) is 9.44. The third-order valence-corrected chi connectivity index (χ3v) is 2.06. The number of hydrogen-bond acceptors (Lipinski definition) is 2. The zero-order chi connectivity index (χ0) is 11.1. The molecule has 1 rings (SSSR count). The van der Waals surface area contributed by atoms with E-state index >= 15 is 0 Å². The van der Waals surface area contributed by atoms with Crippen LogP contribution in [0.25, 0.3) is 0 Å².